The summed E-state index contributed by atoms with van der Waals surface area (Å²) in [7, 11) is 0. The van der Waals surface area contributed by atoms with Gasteiger partial charge in [0.25, 0.3) is 0 Å². The van der Waals surface area contributed by atoms with E-state index in [1.54, 1.807) is 0 Å². The molecule has 0 heterocycles. The van der Waals surface area contributed by atoms with Crippen LogP contribution in [0.4, 0.5) is 4.79 Å². The van der Waals surface area contributed by atoms with Crippen molar-refractivity contribution < 1.29 is 4.79 Å². The summed E-state index contributed by atoms with van der Waals surface area (Å²) in [6.45, 7) is 8.00. The number of allylic oxidation sites excluding steroid dienone is 2. The van der Waals surface area contributed by atoms with Gasteiger partial charge in [-0.05, 0) is 59.4 Å². The minimum Gasteiger partial charge on any atom is -0.245 e. The first kappa shape index (κ1) is 25.4. The van der Waals surface area contributed by atoms with Crippen molar-refractivity contribution >= 4 is 52.8 Å². The van der Waals surface area contributed by atoms with E-state index in [9.17, 15) is 4.79 Å². The number of halogens is 2. The molecule has 0 aliphatic rings. The highest BCUT2D eigenvalue weighted by molar-refractivity contribution is 6.30. The molecule has 0 aliphatic heterocycles. The summed E-state index contributed by atoms with van der Waals surface area (Å²) in [6, 6.07) is 14.4. The molecule has 0 fully saturated rings. The summed E-state index contributed by atoms with van der Waals surface area (Å²) in [5.74, 6) is 0.242. The summed E-state index contributed by atoms with van der Waals surface area (Å²) >= 11 is 11.8. The molecule has 2 aromatic carbocycles. The van der Waals surface area contributed by atoms with Crippen LogP contribution in [0.5, 0.6) is 0 Å². The Morgan fingerprint density at radius 2 is 1.06 bits per heavy atom. The fourth-order valence-corrected chi connectivity index (χ4v) is 2.74. The highest BCUT2D eigenvalue weighted by atomic mass is 35.5. The van der Waals surface area contributed by atoms with Crippen LogP contribution in [0.15, 0.2) is 70.9 Å². The number of nitrogens with one attached hydrogen (secondary N) is 2. The van der Waals surface area contributed by atoms with Crippen LogP contribution in [0.3, 0.4) is 0 Å². The van der Waals surface area contributed by atoms with Crippen LogP contribution in [-0.2, 0) is 0 Å². The molecule has 0 radical (unpaired) electrons. The van der Waals surface area contributed by atoms with E-state index in [2.05, 4.69) is 21.1 Å². The van der Waals surface area contributed by atoms with Gasteiger partial charge in [0.15, 0.2) is 0 Å². The molecule has 0 bridgehead atoms. The highest BCUT2D eigenvalue weighted by Crippen LogP contribution is 2.12. The number of amides is 2. The Balaban J connectivity index is 2.01. The number of carbonyl (C=O) groups excluding carboxylic acids is 1. The Morgan fingerprint density at radius 3 is 1.38 bits per heavy atom. The molecule has 2 rings (SSSR count). The van der Waals surface area contributed by atoms with E-state index in [1.807, 2.05) is 101 Å². The van der Waals surface area contributed by atoms with Crippen molar-refractivity contribution in [1.29, 1.82) is 0 Å². The first-order valence-electron chi connectivity index (χ1n) is 10.3. The normalized spacial score (nSPS) is 12.9. The van der Waals surface area contributed by atoms with Gasteiger partial charge in [-0.25, -0.2) is 15.6 Å². The van der Waals surface area contributed by atoms with Crippen molar-refractivity contribution in [1.82, 2.24) is 10.9 Å². The van der Waals surface area contributed by atoms with Gasteiger partial charge in [0.2, 0.25) is 0 Å². The Kier molecular flexibility index (Phi) is 10.2. The summed E-state index contributed by atoms with van der Waals surface area (Å²) in [4.78, 5) is 12.2. The first-order valence-corrected chi connectivity index (χ1v) is 11.1. The van der Waals surface area contributed by atoms with Crippen LogP contribution in [0.2, 0.25) is 10.0 Å². The largest absolute Gasteiger partial charge is 0.355 e. The number of benzene rings is 2. The molecule has 2 aromatic rings. The van der Waals surface area contributed by atoms with Gasteiger partial charge in [-0.3, -0.25) is 0 Å². The predicted octanol–water partition coefficient (Wildman–Crippen LogP) is 7.04. The molecule has 7 heteroatoms. The molecule has 0 aromatic heterocycles. The van der Waals surface area contributed by atoms with Crippen LogP contribution < -0.4 is 10.9 Å². The lowest BCUT2D eigenvalue weighted by Crippen LogP contribution is -2.31. The second-order valence-corrected chi connectivity index (χ2v) is 8.58. The lowest BCUT2D eigenvalue weighted by atomic mass is 10.1. The summed E-state index contributed by atoms with van der Waals surface area (Å²) in [5, 5.41) is 9.81. The number of hydrazone groups is 2. The monoisotopic (exact) mass is 470 g/mol. The Labute approximate surface area is 199 Å². The molecule has 5 nitrogen and oxygen atoms in total. The maximum absolute atomic E-state index is 12.2. The van der Waals surface area contributed by atoms with Crippen molar-refractivity contribution in [3.05, 3.63) is 81.9 Å². The number of hydrogen-bond donors (Lipinski definition) is 2. The molecule has 0 saturated heterocycles. The second kappa shape index (κ2) is 12.8. The number of nitrogens with zero attached hydrogens (tertiary/aromatic N) is 2. The van der Waals surface area contributed by atoms with Crippen molar-refractivity contribution in [3.8, 4) is 0 Å². The Morgan fingerprint density at radius 1 is 0.719 bits per heavy atom. The minimum absolute atomic E-state index is 0.121. The smallest absolute Gasteiger partial charge is 0.245 e. The van der Waals surface area contributed by atoms with E-state index in [4.69, 9.17) is 23.2 Å². The molecular formula is C25H28Cl2N4O. The van der Waals surface area contributed by atoms with Crippen molar-refractivity contribution in [3.63, 3.8) is 0 Å². The molecule has 0 saturated carbocycles. The first-order chi connectivity index (χ1) is 15.2. The zero-order valence-corrected chi connectivity index (χ0v) is 20.2. The maximum Gasteiger partial charge on any atom is 0.355 e. The SMILES string of the molecule is CC(C)C(/C=C\c1ccc(Cl)cc1)=N/NC(=O)N/N=C(\C=C/c1ccc(Cl)cc1)C(C)C. The number of hydrogen-bond acceptors (Lipinski definition) is 3. The highest BCUT2D eigenvalue weighted by Gasteiger charge is 2.06. The molecule has 0 unspecified atom stereocenters. The summed E-state index contributed by atoms with van der Waals surface area (Å²) < 4.78 is 0. The van der Waals surface area contributed by atoms with E-state index in [-0.39, 0.29) is 11.8 Å². The van der Waals surface area contributed by atoms with Crippen molar-refractivity contribution in [2.45, 2.75) is 27.7 Å². The second-order valence-electron chi connectivity index (χ2n) is 7.71. The van der Waals surface area contributed by atoms with E-state index >= 15 is 0 Å². The third kappa shape index (κ3) is 9.08. The quantitative estimate of drug-likeness (QED) is 0.315. The van der Waals surface area contributed by atoms with E-state index in [0.717, 1.165) is 22.6 Å². The van der Waals surface area contributed by atoms with Gasteiger partial charge >= 0.3 is 6.03 Å². The van der Waals surface area contributed by atoms with Crippen molar-refractivity contribution in [2.24, 2.45) is 22.0 Å². The third-order valence-corrected chi connectivity index (χ3v) is 4.89. The third-order valence-electron chi connectivity index (χ3n) is 4.39. The maximum atomic E-state index is 12.2. The minimum atomic E-state index is -0.513. The molecule has 32 heavy (non-hydrogen) atoms. The van der Waals surface area contributed by atoms with Gasteiger partial charge in [0, 0.05) is 10.0 Å². The van der Waals surface area contributed by atoms with Crippen LogP contribution in [-0.4, -0.2) is 17.5 Å². The Hall–Kier alpha value is -2.89. The molecule has 0 aliphatic carbocycles. The van der Waals surface area contributed by atoms with E-state index in [1.165, 1.54) is 0 Å². The topological polar surface area (TPSA) is 65.8 Å². The average molecular weight is 471 g/mol. The fourth-order valence-electron chi connectivity index (χ4n) is 2.48. The van der Waals surface area contributed by atoms with E-state index < -0.39 is 6.03 Å². The molecular weight excluding hydrogens is 443 g/mol. The fraction of sp³-hybridized carbons (Fsp3) is 0.240. The van der Waals surface area contributed by atoms with Gasteiger partial charge in [-0.1, -0.05) is 87.3 Å². The summed E-state index contributed by atoms with van der Waals surface area (Å²) in [5.41, 5.74) is 8.45. The van der Waals surface area contributed by atoms with Gasteiger partial charge in [-0.15, -0.1) is 0 Å². The lowest BCUT2D eigenvalue weighted by molar-refractivity contribution is 0.241. The standard InChI is InChI=1S/C25H28Cl2N4O/c1-17(2)23(15-9-19-5-11-21(26)12-6-19)28-30-25(32)31-29-24(18(3)4)16-10-20-7-13-22(27)14-8-20/h5-18H,1-4H3,(H2,30,31,32)/b15-9-,16-10-,28-23+,29-24+. The number of urea groups is 1. The molecule has 2 N–H and O–H groups in total. The van der Waals surface area contributed by atoms with Crippen LogP contribution in [0.25, 0.3) is 12.2 Å². The van der Waals surface area contributed by atoms with Gasteiger partial charge in [0.05, 0.1) is 11.4 Å². The van der Waals surface area contributed by atoms with Crippen LogP contribution >= 0.6 is 23.2 Å². The number of carbonyl (C=O) groups is 1. The summed E-state index contributed by atoms with van der Waals surface area (Å²) in [6.07, 6.45) is 7.58. The molecule has 0 atom stereocenters. The van der Waals surface area contributed by atoms with Gasteiger partial charge in [0.1, 0.15) is 0 Å². The van der Waals surface area contributed by atoms with Crippen LogP contribution in [0, 0.1) is 11.8 Å². The number of rotatable bonds is 8. The predicted molar refractivity (Wildman–Crippen MR) is 137 cm³/mol. The van der Waals surface area contributed by atoms with Gasteiger partial charge < -0.3 is 0 Å². The van der Waals surface area contributed by atoms with E-state index in [0.29, 0.717) is 10.0 Å². The lowest BCUT2D eigenvalue weighted by Gasteiger charge is -2.08. The van der Waals surface area contributed by atoms with Crippen LogP contribution in [0.1, 0.15) is 38.8 Å². The molecule has 168 valence electrons. The zero-order chi connectivity index (χ0) is 23.5. The molecule has 0 spiro atoms. The van der Waals surface area contributed by atoms with Gasteiger partial charge in [-0.2, -0.15) is 10.2 Å². The zero-order valence-electron chi connectivity index (χ0n) is 18.6. The van der Waals surface area contributed by atoms with Crippen molar-refractivity contribution in [2.75, 3.05) is 0 Å². The molecule has 2 amide bonds. The average Bonchev–Trinajstić information content (AvgIpc) is 2.75. The Bertz CT molecular complexity index is 924.